The second kappa shape index (κ2) is 4.01. The standard InChI is InChI=1S/C12H15N3O2/c13-11(8-3-4-14-6-8)7-1-2-10-9(5-7)15-12(16)17-10/h1-2,5,8,11,14H,3-4,6,13H2,(H,15,16). The number of oxazole rings is 1. The van der Waals surface area contributed by atoms with E-state index in [4.69, 9.17) is 10.2 Å². The Hall–Kier alpha value is -1.59. The average molecular weight is 233 g/mol. The molecule has 90 valence electrons. The molecule has 1 aromatic carbocycles. The van der Waals surface area contributed by atoms with E-state index in [0.717, 1.165) is 25.1 Å². The van der Waals surface area contributed by atoms with Crippen LogP contribution in [-0.4, -0.2) is 18.1 Å². The monoisotopic (exact) mass is 233 g/mol. The molecule has 17 heavy (non-hydrogen) atoms. The van der Waals surface area contributed by atoms with Crippen LogP contribution in [0.3, 0.4) is 0 Å². The van der Waals surface area contributed by atoms with Crippen molar-refractivity contribution in [3.8, 4) is 0 Å². The van der Waals surface area contributed by atoms with E-state index in [2.05, 4.69) is 10.3 Å². The fourth-order valence-corrected chi connectivity index (χ4v) is 2.43. The summed E-state index contributed by atoms with van der Waals surface area (Å²) in [6, 6.07) is 5.64. The van der Waals surface area contributed by atoms with Crippen LogP contribution in [0.15, 0.2) is 27.4 Å². The lowest BCUT2D eigenvalue weighted by atomic mass is 9.93. The zero-order valence-electron chi connectivity index (χ0n) is 9.40. The van der Waals surface area contributed by atoms with E-state index < -0.39 is 5.76 Å². The van der Waals surface area contributed by atoms with Crippen molar-refractivity contribution < 1.29 is 4.42 Å². The van der Waals surface area contributed by atoms with Crippen molar-refractivity contribution in [2.24, 2.45) is 11.7 Å². The van der Waals surface area contributed by atoms with Gasteiger partial charge in [-0.2, -0.15) is 0 Å². The number of aromatic nitrogens is 1. The van der Waals surface area contributed by atoms with Gasteiger partial charge in [0.1, 0.15) is 0 Å². The van der Waals surface area contributed by atoms with E-state index >= 15 is 0 Å². The first-order valence-corrected chi connectivity index (χ1v) is 5.83. The van der Waals surface area contributed by atoms with Crippen LogP contribution in [-0.2, 0) is 0 Å². The third-order valence-corrected chi connectivity index (χ3v) is 3.43. The molecule has 1 aliphatic rings. The van der Waals surface area contributed by atoms with Gasteiger partial charge in [-0.25, -0.2) is 4.79 Å². The van der Waals surface area contributed by atoms with Crippen molar-refractivity contribution in [2.75, 3.05) is 13.1 Å². The minimum Gasteiger partial charge on any atom is -0.408 e. The Morgan fingerprint density at radius 3 is 3.12 bits per heavy atom. The number of rotatable bonds is 2. The Bertz CT molecular complexity index is 581. The molecule has 0 saturated carbocycles. The molecule has 2 atom stereocenters. The lowest BCUT2D eigenvalue weighted by Crippen LogP contribution is -2.23. The Morgan fingerprint density at radius 1 is 1.47 bits per heavy atom. The van der Waals surface area contributed by atoms with Crippen molar-refractivity contribution in [3.05, 3.63) is 34.3 Å². The van der Waals surface area contributed by atoms with Crippen LogP contribution in [0.25, 0.3) is 11.1 Å². The first kappa shape index (κ1) is 10.6. The van der Waals surface area contributed by atoms with Crippen molar-refractivity contribution >= 4 is 11.1 Å². The molecule has 2 aromatic rings. The summed E-state index contributed by atoms with van der Waals surface area (Å²) >= 11 is 0. The molecule has 2 unspecified atom stereocenters. The topological polar surface area (TPSA) is 84.0 Å². The number of hydrogen-bond acceptors (Lipinski definition) is 4. The number of benzene rings is 1. The predicted octanol–water partition coefficient (Wildman–Crippen LogP) is 0.730. The lowest BCUT2D eigenvalue weighted by Gasteiger charge is -2.18. The summed E-state index contributed by atoms with van der Waals surface area (Å²) in [5.74, 6) is 0.0410. The molecule has 0 bridgehead atoms. The third-order valence-electron chi connectivity index (χ3n) is 3.43. The third kappa shape index (κ3) is 1.87. The highest BCUT2D eigenvalue weighted by molar-refractivity contribution is 5.72. The summed E-state index contributed by atoms with van der Waals surface area (Å²) in [5, 5.41) is 3.31. The van der Waals surface area contributed by atoms with Gasteiger partial charge in [-0.15, -0.1) is 0 Å². The highest BCUT2D eigenvalue weighted by Crippen LogP contribution is 2.26. The largest absolute Gasteiger partial charge is 0.417 e. The summed E-state index contributed by atoms with van der Waals surface area (Å²) in [4.78, 5) is 13.7. The molecule has 1 aromatic heterocycles. The number of H-pyrrole nitrogens is 1. The molecule has 2 heterocycles. The second-order valence-corrected chi connectivity index (χ2v) is 4.55. The van der Waals surface area contributed by atoms with E-state index in [-0.39, 0.29) is 6.04 Å². The van der Waals surface area contributed by atoms with Crippen molar-refractivity contribution in [3.63, 3.8) is 0 Å². The number of nitrogens with two attached hydrogens (primary N) is 1. The first-order valence-electron chi connectivity index (χ1n) is 5.83. The van der Waals surface area contributed by atoms with Crippen molar-refractivity contribution in [1.29, 1.82) is 0 Å². The van der Waals surface area contributed by atoms with Gasteiger partial charge in [-0.3, -0.25) is 4.98 Å². The molecule has 5 nitrogen and oxygen atoms in total. The number of nitrogens with one attached hydrogen (secondary N) is 2. The van der Waals surface area contributed by atoms with Gasteiger partial charge in [0.2, 0.25) is 0 Å². The van der Waals surface area contributed by atoms with Gasteiger partial charge in [0.25, 0.3) is 0 Å². The van der Waals surface area contributed by atoms with Crippen LogP contribution in [0.5, 0.6) is 0 Å². The summed E-state index contributed by atoms with van der Waals surface area (Å²) in [5.41, 5.74) is 8.58. The van der Waals surface area contributed by atoms with Crippen LogP contribution < -0.4 is 16.8 Å². The first-order chi connectivity index (χ1) is 8.24. The van der Waals surface area contributed by atoms with E-state index in [1.54, 1.807) is 6.07 Å². The van der Waals surface area contributed by atoms with Crippen molar-refractivity contribution in [1.82, 2.24) is 10.3 Å². The smallest absolute Gasteiger partial charge is 0.408 e. The van der Waals surface area contributed by atoms with Gasteiger partial charge in [-0.1, -0.05) is 6.07 Å². The lowest BCUT2D eigenvalue weighted by molar-refractivity contribution is 0.470. The quantitative estimate of drug-likeness (QED) is 0.714. The van der Waals surface area contributed by atoms with Crippen LogP contribution in [0.4, 0.5) is 0 Å². The van der Waals surface area contributed by atoms with Gasteiger partial charge in [0.05, 0.1) is 5.52 Å². The molecule has 3 rings (SSSR count). The Morgan fingerprint density at radius 2 is 2.35 bits per heavy atom. The summed E-state index contributed by atoms with van der Waals surface area (Å²) < 4.78 is 4.96. The van der Waals surface area contributed by atoms with Crippen LogP contribution in [0.2, 0.25) is 0 Å². The van der Waals surface area contributed by atoms with E-state index in [9.17, 15) is 4.79 Å². The summed E-state index contributed by atoms with van der Waals surface area (Å²) in [6.07, 6.45) is 1.10. The van der Waals surface area contributed by atoms with Crippen LogP contribution in [0.1, 0.15) is 18.0 Å². The van der Waals surface area contributed by atoms with Gasteiger partial charge in [-0.05, 0) is 43.1 Å². The van der Waals surface area contributed by atoms with E-state index in [0.29, 0.717) is 17.0 Å². The van der Waals surface area contributed by atoms with Crippen LogP contribution in [0, 0.1) is 5.92 Å². The zero-order valence-corrected chi connectivity index (χ0v) is 9.40. The molecule has 1 fully saturated rings. The second-order valence-electron chi connectivity index (χ2n) is 4.55. The van der Waals surface area contributed by atoms with Gasteiger partial charge >= 0.3 is 5.76 Å². The maximum absolute atomic E-state index is 11.1. The number of fused-ring (bicyclic) bond motifs is 1. The predicted molar refractivity (Wildman–Crippen MR) is 64.7 cm³/mol. The number of hydrogen-bond donors (Lipinski definition) is 3. The molecule has 4 N–H and O–H groups in total. The molecule has 1 aliphatic heterocycles. The molecule has 5 heteroatoms. The maximum atomic E-state index is 11.1. The molecule has 0 radical (unpaired) electrons. The molecule has 0 spiro atoms. The summed E-state index contributed by atoms with van der Waals surface area (Å²) in [7, 11) is 0. The molecule has 1 saturated heterocycles. The molecular weight excluding hydrogens is 218 g/mol. The zero-order chi connectivity index (χ0) is 11.8. The highest BCUT2D eigenvalue weighted by atomic mass is 16.4. The fraction of sp³-hybridized carbons (Fsp3) is 0.417. The molecule has 0 aliphatic carbocycles. The van der Waals surface area contributed by atoms with Crippen LogP contribution >= 0.6 is 0 Å². The Kier molecular flexibility index (Phi) is 2.49. The molecular formula is C12H15N3O2. The normalized spacial score (nSPS) is 22.1. The highest BCUT2D eigenvalue weighted by Gasteiger charge is 2.23. The van der Waals surface area contributed by atoms with Gasteiger partial charge in [0, 0.05) is 6.04 Å². The fourth-order valence-electron chi connectivity index (χ4n) is 2.43. The maximum Gasteiger partial charge on any atom is 0.417 e. The average Bonchev–Trinajstić information content (AvgIpc) is 2.94. The van der Waals surface area contributed by atoms with Crippen molar-refractivity contribution in [2.45, 2.75) is 12.5 Å². The van der Waals surface area contributed by atoms with E-state index in [1.807, 2.05) is 12.1 Å². The summed E-state index contributed by atoms with van der Waals surface area (Å²) in [6.45, 7) is 1.99. The van der Waals surface area contributed by atoms with E-state index in [1.165, 1.54) is 0 Å². The number of aromatic amines is 1. The van der Waals surface area contributed by atoms with Gasteiger partial charge < -0.3 is 15.5 Å². The Labute approximate surface area is 98.0 Å². The minimum atomic E-state index is -0.423. The minimum absolute atomic E-state index is 0.00722. The Balaban J connectivity index is 1.96. The van der Waals surface area contributed by atoms with Gasteiger partial charge in [0.15, 0.2) is 5.58 Å². The molecule has 0 amide bonds. The SMILES string of the molecule is NC(c1ccc2oc(=O)[nH]c2c1)C1CCNC1.